The van der Waals surface area contributed by atoms with Crippen molar-refractivity contribution in [1.29, 1.82) is 0 Å². The van der Waals surface area contributed by atoms with Crippen molar-refractivity contribution in [2.45, 2.75) is 38.6 Å². The summed E-state index contributed by atoms with van der Waals surface area (Å²) in [6.07, 6.45) is 6.11. The number of quaternary nitrogens is 1. The van der Waals surface area contributed by atoms with Crippen LogP contribution in [0.1, 0.15) is 30.5 Å². The first-order valence-corrected chi connectivity index (χ1v) is 9.17. The van der Waals surface area contributed by atoms with Crippen LogP contribution in [0.15, 0.2) is 36.4 Å². The number of hydrogen-bond acceptors (Lipinski definition) is 1. The molecule has 2 nitrogen and oxygen atoms in total. The molecule has 23 heavy (non-hydrogen) atoms. The lowest BCUT2D eigenvalue weighted by Crippen LogP contribution is -3.05. The average molecular weight is 328 g/mol. The molecule has 0 radical (unpaired) electrons. The first-order chi connectivity index (χ1) is 11.2. The standard InChI is InChI=1S/C20H26N2S/c1-21(2)13-8-14-22-18-12-7-6-11-17(18)20(23)15-19(22)16-9-4-3-5-10-16/h3-5,9-10,15H,6-8,11-14H2,1-2H3/p+1. The second kappa shape index (κ2) is 7.41. The smallest absolute Gasteiger partial charge is 0.0784 e. The molecule has 0 atom stereocenters. The number of benzene rings is 1. The van der Waals surface area contributed by atoms with Gasteiger partial charge in [-0.05, 0) is 42.9 Å². The fourth-order valence-corrected chi connectivity index (χ4v) is 3.91. The lowest BCUT2D eigenvalue weighted by atomic mass is 9.94. The van der Waals surface area contributed by atoms with Gasteiger partial charge in [0, 0.05) is 28.9 Å². The van der Waals surface area contributed by atoms with Crippen molar-refractivity contribution in [1.82, 2.24) is 4.57 Å². The van der Waals surface area contributed by atoms with Crippen LogP contribution in [-0.2, 0) is 19.4 Å². The van der Waals surface area contributed by atoms with Gasteiger partial charge >= 0.3 is 0 Å². The van der Waals surface area contributed by atoms with Gasteiger partial charge in [-0.2, -0.15) is 0 Å². The van der Waals surface area contributed by atoms with Crippen LogP contribution in [0.3, 0.4) is 0 Å². The summed E-state index contributed by atoms with van der Waals surface area (Å²) in [5, 5.41) is 0. The van der Waals surface area contributed by atoms with Crippen LogP contribution in [0, 0.1) is 4.51 Å². The number of rotatable bonds is 5. The SMILES string of the molecule is C[NH+](C)CCCn1c(-c2ccccc2)cc(=S)c2c1CCCC2. The molecule has 0 saturated heterocycles. The van der Waals surface area contributed by atoms with Gasteiger partial charge in [-0.1, -0.05) is 42.5 Å². The molecule has 1 aliphatic rings. The largest absolute Gasteiger partial charge is 0.344 e. The van der Waals surface area contributed by atoms with Crippen molar-refractivity contribution >= 4 is 12.2 Å². The molecule has 0 spiro atoms. The van der Waals surface area contributed by atoms with Crippen molar-refractivity contribution in [2.24, 2.45) is 0 Å². The predicted molar refractivity (Wildman–Crippen MR) is 99.6 cm³/mol. The zero-order chi connectivity index (χ0) is 16.2. The van der Waals surface area contributed by atoms with Crippen LogP contribution in [0.2, 0.25) is 0 Å². The highest BCUT2D eigenvalue weighted by Crippen LogP contribution is 2.29. The summed E-state index contributed by atoms with van der Waals surface area (Å²) >= 11 is 5.72. The number of pyridine rings is 1. The maximum Gasteiger partial charge on any atom is 0.0784 e. The lowest BCUT2D eigenvalue weighted by Gasteiger charge is -2.25. The van der Waals surface area contributed by atoms with E-state index in [4.69, 9.17) is 12.2 Å². The number of nitrogens with one attached hydrogen (secondary N) is 1. The predicted octanol–water partition coefficient (Wildman–Crippen LogP) is 3.30. The Balaban J connectivity index is 2.06. The molecule has 3 rings (SSSR count). The summed E-state index contributed by atoms with van der Waals surface area (Å²) in [6, 6.07) is 13.0. The highest BCUT2D eigenvalue weighted by molar-refractivity contribution is 7.71. The van der Waals surface area contributed by atoms with E-state index in [9.17, 15) is 0 Å². The van der Waals surface area contributed by atoms with Gasteiger partial charge in [0.05, 0.1) is 20.6 Å². The first-order valence-electron chi connectivity index (χ1n) is 8.77. The van der Waals surface area contributed by atoms with Crippen molar-refractivity contribution in [3.8, 4) is 11.3 Å². The van der Waals surface area contributed by atoms with E-state index in [1.165, 1.54) is 59.6 Å². The molecule has 0 aliphatic heterocycles. The summed E-state index contributed by atoms with van der Waals surface area (Å²) in [4.78, 5) is 1.51. The van der Waals surface area contributed by atoms with Gasteiger partial charge in [0.25, 0.3) is 0 Å². The molecule has 0 saturated carbocycles. The highest BCUT2D eigenvalue weighted by atomic mass is 32.1. The summed E-state index contributed by atoms with van der Waals surface area (Å²) in [7, 11) is 4.45. The summed E-state index contributed by atoms with van der Waals surface area (Å²) < 4.78 is 3.62. The van der Waals surface area contributed by atoms with E-state index in [0.717, 1.165) is 17.5 Å². The van der Waals surface area contributed by atoms with Crippen molar-refractivity contribution in [3.05, 3.63) is 52.2 Å². The first kappa shape index (κ1) is 16.4. The van der Waals surface area contributed by atoms with Crippen molar-refractivity contribution in [3.63, 3.8) is 0 Å². The lowest BCUT2D eigenvalue weighted by molar-refractivity contribution is -0.858. The molecule has 0 fully saturated rings. The Labute approximate surface area is 144 Å². The van der Waals surface area contributed by atoms with Gasteiger partial charge in [0.2, 0.25) is 0 Å². The fourth-order valence-electron chi connectivity index (χ4n) is 3.58. The minimum atomic E-state index is 1.06. The Kier molecular flexibility index (Phi) is 5.29. The van der Waals surface area contributed by atoms with E-state index in [2.05, 4.69) is 55.1 Å². The third kappa shape index (κ3) is 3.73. The van der Waals surface area contributed by atoms with Crippen LogP contribution >= 0.6 is 12.2 Å². The van der Waals surface area contributed by atoms with E-state index in [1.54, 1.807) is 0 Å². The molecule has 0 amide bonds. The molecule has 1 aromatic heterocycles. The third-order valence-electron chi connectivity index (χ3n) is 4.75. The monoisotopic (exact) mass is 327 g/mol. The summed E-state index contributed by atoms with van der Waals surface area (Å²) in [5.74, 6) is 0. The Morgan fingerprint density at radius 3 is 2.57 bits per heavy atom. The van der Waals surface area contributed by atoms with Crippen LogP contribution in [0.5, 0.6) is 0 Å². The molecular formula is C20H27N2S+. The number of nitrogens with zero attached hydrogens (tertiary/aromatic N) is 1. The molecule has 2 aromatic rings. The van der Waals surface area contributed by atoms with Gasteiger partial charge in [0.15, 0.2) is 0 Å². The van der Waals surface area contributed by atoms with E-state index in [0.29, 0.717) is 0 Å². The van der Waals surface area contributed by atoms with Gasteiger partial charge in [-0.25, -0.2) is 0 Å². The molecule has 1 heterocycles. The van der Waals surface area contributed by atoms with Gasteiger partial charge in [-0.3, -0.25) is 0 Å². The minimum absolute atomic E-state index is 1.06. The maximum atomic E-state index is 5.72. The van der Waals surface area contributed by atoms with E-state index in [-0.39, 0.29) is 0 Å². The minimum Gasteiger partial charge on any atom is -0.344 e. The summed E-state index contributed by atoms with van der Waals surface area (Å²) in [5.41, 5.74) is 5.51. The van der Waals surface area contributed by atoms with Gasteiger partial charge in [0.1, 0.15) is 0 Å². The average Bonchev–Trinajstić information content (AvgIpc) is 2.57. The number of hydrogen-bond donors (Lipinski definition) is 1. The van der Waals surface area contributed by atoms with Crippen molar-refractivity contribution in [2.75, 3.05) is 20.6 Å². The molecule has 0 bridgehead atoms. The molecule has 3 heteroatoms. The van der Waals surface area contributed by atoms with Crippen molar-refractivity contribution < 1.29 is 4.90 Å². The number of fused-ring (bicyclic) bond motifs is 1. The zero-order valence-corrected chi connectivity index (χ0v) is 15.1. The second-order valence-corrected chi connectivity index (χ2v) is 7.29. The molecular weight excluding hydrogens is 300 g/mol. The quantitative estimate of drug-likeness (QED) is 0.829. The molecule has 1 aliphatic carbocycles. The van der Waals surface area contributed by atoms with Crippen LogP contribution in [0.25, 0.3) is 11.3 Å². The van der Waals surface area contributed by atoms with E-state index >= 15 is 0 Å². The molecule has 122 valence electrons. The van der Waals surface area contributed by atoms with E-state index < -0.39 is 0 Å². The molecule has 0 unspecified atom stereocenters. The Hall–Kier alpha value is -1.45. The molecule has 1 N–H and O–H groups in total. The Bertz CT molecular complexity index is 716. The van der Waals surface area contributed by atoms with Crippen LogP contribution < -0.4 is 4.90 Å². The second-order valence-electron chi connectivity index (χ2n) is 6.85. The Morgan fingerprint density at radius 2 is 1.83 bits per heavy atom. The zero-order valence-electron chi connectivity index (χ0n) is 14.3. The molecule has 1 aromatic carbocycles. The Morgan fingerprint density at radius 1 is 1.09 bits per heavy atom. The van der Waals surface area contributed by atoms with Crippen LogP contribution in [0.4, 0.5) is 0 Å². The fraction of sp³-hybridized carbons (Fsp3) is 0.450. The summed E-state index contributed by atoms with van der Waals surface area (Å²) in [6.45, 7) is 2.29. The number of aromatic nitrogens is 1. The van der Waals surface area contributed by atoms with Crippen LogP contribution in [-0.4, -0.2) is 25.2 Å². The topological polar surface area (TPSA) is 9.37 Å². The van der Waals surface area contributed by atoms with Gasteiger partial charge in [-0.15, -0.1) is 0 Å². The maximum absolute atomic E-state index is 5.72. The normalized spacial score (nSPS) is 14.0. The van der Waals surface area contributed by atoms with E-state index in [1.807, 2.05) is 0 Å². The van der Waals surface area contributed by atoms with Gasteiger partial charge < -0.3 is 9.47 Å². The third-order valence-corrected chi connectivity index (χ3v) is 5.11. The highest BCUT2D eigenvalue weighted by Gasteiger charge is 2.17.